The number of anilines is 1. The fraction of sp³-hybridized carbons (Fsp3) is 0.231. The third-order valence-corrected chi connectivity index (χ3v) is 2.86. The number of benzene rings is 1. The maximum atomic E-state index is 11.7. The lowest BCUT2D eigenvalue weighted by atomic mass is 10.1. The maximum Gasteiger partial charge on any atom is 0.316 e. The van der Waals surface area contributed by atoms with Crippen LogP contribution in [0, 0.1) is 0 Å². The van der Waals surface area contributed by atoms with E-state index in [1.165, 1.54) is 9.13 Å². The van der Waals surface area contributed by atoms with Crippen molar-refractivity contribution in [1.82, 2.24) is 9.13 Å². The highest BCUT2D eigenvalue weighted by Crippen LogP contribution is 2.06. The van der Waals surface area contributed by atoms with Gasteiger partial charge in [-0.1, -0.05) is 12.1 Å². The first kappa shape index (κ1) is 12.2. The van der Waals surface area contributed by atoms with Gasteiger partial charge in [0.2, 0.25) is 0 Å². The number of hydrogen-bond donors (Lipinski definition) is 1. The van der Waals surface area contributed by atoms with Crippen LogP contribution in [0.4, 0.5) is 5.69 Å². The summed E-state index contributed by atoms with van der Waals surface area (Å²) in [5, 5.41) is 0. The number of rotatable bonds is 3. The third kappa shape index (κ3) is 2.51. The summed E-state index contributed by atoms with van der Waals surface area (Å²) in [5.41, 5.74) is 6.39. The molecule has 1 aromatic heterocycles. The molecule has 5 heteroatoms. The summed E-state index contributed by atoms with van der Waals surface area (Å²) in [4.78, 5) is 23.1. The summed E-state index contributed by atoms with van der Waals surface area (Å²) >= 11 is 0. The van der Waals surface area contributed by atoms with Crippen molar-refractivity contribution in [3.8, 4) is 0 Å². The Hall–Kier alpha value is -2.30. The lowest BCUT2D eigenvalue weighted by Gasteiger charge is -2.06. The normalized spacial score (nSPS) is 10.5. The smallest absolute Gasteiger partial charge is 0.316 e. The molecule has 1 aromatic carbocycles. The fourth-order valence-corrected chi connectivity index (χ4v) is 1.70. The van der Waals surface area contributed by atoms with Crippen LogP contribution < -0.4 is 16.9 Å². The predicted octanol–water partition coefficient (Wildman–Crippen LogP) is 0.372. The van der Waals surface area contributed by atoms with Crippen molar-refractivity contribution in [1.29, 1.82) is 0 Å². The van der Waals surface area contributed by atoms with Gasteiger partial charge in [0.15, 0.2) is 0 Å². The van der Waals surface area contributed by atoms with Crippen molar-refractivity contribution in [2.75, 3.05) is 5.73 Å². The SMILES string of the molecule is Cn1ccn(CCc2ccc(N)cc2)c(=O)c1=O. The van der Waals surface area contributed by atoms with Gasteiger partial charge in [0, 0.05) is 31.7 Å². The molecule has 0 amide bonds. The molecular formula is C13H15N3O2. The molecule has 94 valence electrons. The molecular weight excluding hydrogens is 230 g/mol. The molecule has 0 spiro atoms. The van der Waals surface area contributed by atoms with E-state index in [1.807, 2.05) is 24.3 Å². The topological polar surface area (TPSA) is 70.0 Å². The van der Waals surface area contributed by atoms with Gasteiger partial charge in [-0.3, -0.25) is 9.59 Å². The predicted molar refractivity (Wildman–Crippen MR) is 70.5 cm³/mol. The lowest BCUT2D eigenvalue weighted by molar-refractivity contribution is 0.635. The Kier molecular flexibility index (Phi) is 3.32. The Morgan fingerprint density at radius 1 is 1.06 bits per heavy atom. The van der Waals surface area contributed by atoms with E-state index < -0.39 is 11.1 Å². The van der Waals surface area contributed by atoms with Gasteiger partial charge in [-0.15, -0.1) is 0 Å². The summed E-state index contributed by atoms with van der Waals surface area (Å²) in [6.45, 7) is 0.485. The molecule has 0 aliphatic rings. The van der Waals surface area contributed by atoms with E-state index in [0.717, 1.165) is 5.56 Å². The van der Waals surface area contributed by atoms with E-state index >= 15 is 0 Å². The Morgan fingerprint density at radius 2 is 1.72 bits per heavy atom. The van der Waals surface area contributed by atoms with Gasteiger partial charge in [0.05, 0.1) is 0 Å². The van der Waals surface area contributed by atoms with Crippen LogP contribution in [-0.2, 0) is 20.0 Å². The van der Waals surface area contributed by atoms with Crippen molar-refractivity contribution in [3.63, 3.8) is 0 Å². The first-order valence-electron chi connectivity index (χ1n) is 5.68. The van der Waals surface area contributed by atoms with Crippen LogP contribution in [0.5, 0.6) is 0 Å². The molecule has 0 bridgehead atoms. The largest absolute Gasteiger partial charge is 0.399 e. The second-order valence-corrected chi connectivity index (χ2v) is 4.20. The zero-order valence-corrected chi connectivity index (χ0v) is 10.2. The quantitative estimate of drug-likeness (QED) is 0.627. The van der Waals surface area contributed by atoms with Crippen LogP contribution in [0.25, 0.3) is 0 Å². The average Bonchev–Trinajstić information content (AvgIpc) is 2.37. The molecule has 2 rings (SSSR count). The van der Waals surface area contributed by atoms with Crippen LogP contribution in [0.3, 0.4) is 0 Å². The van der Waals surface area contributed by atoms with E-state index in [9.17, 15) is 9.59 Å². The van der Waals surface area contributed by atoms with Crippen LogP contribution >= 0.6 is 0 Å². The molecule has 18 heavy (non-hydrogen) atoms. The van der Waals surface area contributed by atoms with Crippen LogP contribution in [0.1, 0.15) is 5.56 Å². The first-order valence-corrected chi connectivity index (χ1v) is 5.68. The van der Waals surface area contributed by atoms with Gasteiger partial charge >= 0.3 is 11.1 Å². The number of nitrogen functional groups attached to an aromatic ring is 1. The zero-order chi connectivity index (χ0) is 13.1. The van der Waals surface area contributed by atoms with E-state index in [-0.39, 0.29) is 0 Å². The molecule has 0 aliphatic heterocycles. The minimum atomic E-state index is -0.505. The summed E-state index contributed by atoms with van der Waals surface area (Å²) in [5.74, 6) is 0. The highest BCUT2D eigenvalue weighted by molar-refractivity contribution is 5.39. The van der Waals surface area contributed by atoms with Crippen LogP contribution in [0.15, 0.2) is 46.2 Å². The minimum Gasteiger partial charge on any atom is -0.399 e. The van der Waals surface area contributed by atoms with E-state index in [4.69, 9.17) is 5.73 Å². The van der Waals surface area contributed by atoms with Gasteiger partial charge in [0.25, 0.3) is 0 Å². The molecule has 5 nitrogen and oxygen atoms in total. The molecule has 0 aliphatic carbocycles. The first-order chi connectivity index (χ1) is 8.58. The molecule has 0 atom stereocenters. The molecule has 0 radical (unpaired) electrons. The van der Waals surface area contributed by atoms with E-state index in [0.29, 0.717) is 18.7 Å². The molecule has 2 aromatic rings. The summed E-state index contributed by atoms with van der Waals surface area (Å²) in [7, 11) is 1.56. The summed E-state index contributed by atoms with van der Waals surface area (Å²) in [6, 6.07) is 7.48. The lowest BCUT2D eigenvalue weighted by Crippen LogP contribution is -2.39. The van der Waals surface area contributed by atoms with Crippen molar-refractivity contribution in [3.05, 3.63) is 62.9 Å². The Balaban J connectivity index is 2.16. The summed E-state index contributed by atoms with van der Waals surface area (Å²) < 4.78 is 2.71. The highest BCUT2D eigenvalue weighted by Gasteiger charge is 2.02. The monoisotopic (exact) mass is 245 g/mol. The molecule has 0 saturated carbocycles. The Labute approximate surface area is 104 Å². The standard InChI is InChI=1S/C13H15N3O2/c1-15-8-9-16(13(18)12(15)17)7-6-10-2-4-11(14)5-3-10/h2-5,8-9H,6-7,14H2,1H3. The van der Waals surface area contributed by atoms with Crippen LogP contribution in [0.2, 0.25) is 0 Å². The maximum absolute atomic E-state index is 11.7. The Bertz CT molecular complexity index is 653. The number of nitrogens with zero attached hydrogens (tertiary/aromatic N) is 2. The highest BCUT2D eigenvalue weighted by atomic mass is 16.2. The minimum absolute atomic E-state index is 0.485. The van der Waals surface area contributed by atoms with E-state index in [1.54, 1.807) is 19.4 Å². The molecule has 1 heterocycles. The second kappa shape index (κ2) is 4.91. The van der Waals surface area contributed by atoms with Gasteiger partial charge in [-0.2, -0.15) is 0 Å². The van der Waals surface area contributed by atoms with Crippen molar-refractivity contribution in [2.24, 2.45) is 7.05 Å². The van der Waals surface area contributed by atoms with Gasteiger partial charge in [-0.25, -0.2) is 0 Å². The van der Waals surface area contributed by atoms with Crippen LogP contribution in [-0.4, -0.2) is 9.13 Å². The number of aromatic nitrogens is 2. The van der Waals surface area contributed by atoms with Crippen molar-refractivity contribution >= 4 is 5.69 Å². The van der Waals surface area contributed by atoms with E-state index in [2.05, 4.69) is 0 Å². The fourth-order valence-electron chi connectivity index (χ4n) is 1.70. The number of aryl methyl sites for hydroxylation is 3. The third-order valence-electron chi connectivity index (χ3n) is 2.86. The molecule has 0 saturated heterocycles. The number of nitrogens with two attached hydrogens (primary N) is 1. The van der Waals surface area contributed by atoms with Gasteiger partial charge < -0.3 is 14.9 Å². The zero-order valence-electron chi connectivity index (χ0n) is 10.2. The second-order valence-electron chi connectivity index (χ2n) is 4.20. The summed E-state index contributed by atoms with van der Waals surface area (Å²) in [6.07, 6.45) is 3.90. The molecule has 0 unspecified atom stereocenters. The number of hydrogen-bond acceptors (Lipinski definition) is 3. The van der Waals surface area contributed by atoms with Crippen molar-refractivity contribution in [2.45, 2.75) is 13.0 Å². The van der Waals surface area contributed by atoms with Crippen molar-refractivity contribution < 1.29 is 0 Å². The average molecular weight is 245 g/mol. The Morgan fingerprint density at radius 3 is 2.39 bits per heavy atom. The van der Waals surface area contributed by atoms with Gasteiger partial charge in [0.1, 0.15) is 0 Å². The molecule has 0 fully saturated rings. The van der Waals surface area contributed by atoms with Gasteiger partial charge in [-0.05, 0) is 24.1 Å². The molecule has 2 N–H and O–H groups in total.